The van der Waals surface area contributed by atoms with Gasteiger partial charge in [0.1, 0.15) is 23.6 Å². The smallest absolute Gasteiger partial charge is 0.157 e. The summed E-state index contributed by atoms with van der Waals surface area (Å²) < 4.78 is 6.79. The van der Waals surface area contributed by atoms with Crippen molar-refractivity contribution in [3.63, 3.8) is 0 Å². The van der Waals surface area contributed by atoms with Crippen molar-refractivity contribution in [2.24, 2.45) is 0 Å². The Morgan fingerprint density at radius 3 is 2.94 bits per heavy atom. The van der Waals surface area contributed by atoms with Gasteiger partial charge < -0.3 is 9.84 Å². The Labute approximate surface area is 104 Å². The highest BCUT2D eigenvalue weighted by Crippen LogP contribution is 2.14. The van der Waals surface area contributed by atoms with E-state index in [4.69, 9.17) is 4.52 Å². The molecule has 6 nitrogen and oxygen atoms in total. The van der Waals surface area contributed by atoms with Crippen LogP contribution in [0, 0.1) is 13.8 Å². The molecule has 3 aromatic heterocycles. The van der Waals surface area contributed by atoms with Crippen LogP contribution in [0.5, 0.6) is 0 Å². The Morgan fingerprint density at radius 2 is 2.17 bits per heavy atom. The second-order valence-corrected chi connectivity index (χ2v) is 4.23. The largest absolute Gasteiger partial charge is 0.364 e. The van der Waals surface area contributed by atoms with Crippen LogP contribution in [-0.2, 0) is 6.54 Å². The summed E-state index contributed by atoms with van der Waals surface area (Å²) >= 11 is 0. The van der Waals surface area contributed by atoms with Gasteiger partial charge in [0.05, 0.1) is 6.54 Å². The van der Waals surface area contributed by atoms with Gasteiger partial charge in [-0.3, -0.25) is 0 Å². The van der Waals surface area contributed by atoms with Crippen molar-refractivity contribution < 1.29 is 4.52 Å². The average Bonchev–Trinajstić information content (AvgIpc) is 2.94. The third-order valence-electron chi connectivity index (χ3n) is 2.65. The van der Waals surface area contributed by atoms with Gasteiger partial charge in [-0.1, -0.05) is 5.16 Å². The minimum atomic E-state index is 0.593. The van der Waals surface area contributed by atoms with Crippen LogP contribution >= 0.6 is 0 Å². The summed E-state index contributed by atoms with van der Waals surface area (Å²) in [4.78, 5) is 4.18. The molecule has 92 valence electrons. The van der Waals surface area contributed by atoms with Crippen LogP contribution in [0.25, 0.3) is 5.65 Å². The highest BCUT2D eigenvalue weighted by molar-refractivity contribution is 5.51. The van der Waals surface area contributed by atoms with Crippen LogP contribution in [0.3, 0.4) is 0 Å². The van der Waals surface area contributed by atoms with E-state index in [0.29, 0.717) is 6.54 Å². The molecule has 0 aliphatic carbocycles. The van der Waals surface area contributed by atoms with Gasteiger partial charge in [-0.15, -0.1) is 0 Å². The molecule has 0 saturated heterocycles. The normalized spacial score (nSPS) is 11.0. The maximum absolute atomic E-state index is 5.02. The molecule has 3 aromatic rings. The molecule has 0 radical (unpaired) electrons. The molecule has 1 N–H and O–H groups in total. The monoisotopic (exact) mass is 243 g/mol. The van der Waals surface area contributed by atoms with Crippen molar-refractivity contribution in [3.05, 3.63) is 41.5 Å². The fraction of sp³-hybridized carbons (Fsp3) is 0.250. The van der Waals surface area contributed by atoms with Crippen molar-refractivity contribution in [3.8, 4) is 0 Å². The Hall–Kier alpha value is -2.37. The standard InChI is InChI=1S/C12H13N5O/c1-8-3-11(17-12(4-8)14-7-15-17)13-6-10-5-9(2)18-16-10/h3-5,7,13H,6H2,1-2H3. The molecule has 0 spiro atoms. The number of hydrogen-bond acceptors (Lipinski definition) is 5. The summed E-state index contributed by atoms with van der Waals surface area (Å²) in [5, 5.41) is 11.4. The lowest BCUT2D eigenvalue weighted by Gasteiger charge is -2.07. The molecular formula is C12H13N5O. The van der Waals surface area contributed by atoms with Gasteiger partial charge >= 0.3 is 0 Å². The van der Waals surface area contributed by atoms with Crippen molar-refractivity contribution in [2.75, 3.05) is 5.32 Å². The molecule has 0 atom stereocenters. The van der Waals surface area contributed by atoms with E-state index in [1.807, 2.05) is 32.0 Å². The van der Waals surface area contributed by atoms with Crippen molar-refractivity contribution in [2.45, 2.75) is 20.4 Å². The lowest BCUT2D eigenvalue weighted by atomic mass is 10.3. The Balaban J connectivity index is 1.87. The highest BCUT2D eigenvalue weighted by Gasteiger charge is 2.05. The van der Waals surface area contributed by atoms with E-state index in [1.165, 1.54) is 0 Å². The van der Waals surface area contributed by atoms with Gasteiger partial charge in [0.2, 0.25) is 0 Å². The first-order chi connectivity index (χ1) is 8.72. The SMILES string of the molecule is Cc1cc(NCc2cc(C)on2)n2ncnc2c1. The van der Waals surface area contributed by atoms with Crippen LogP contribution in [0.4, 0.5) is 5.82 Å². The third-order valence-corrected chi connectivity index (χ3v) is 2.65. The summed E-state index contributed by atoms with van der Waals surface area (Å²) in [6, 6.07) is 5.91. The van der Waals surface area contributed by atoms with E-state index in [9.17, 15) is 0 Å². The number of hydrogen-bond donors (Lipinski definition) is 1. The first-order valence-electron chi connectivity index (χ1n) is 5.69. The lowest BCUT2D eigenvalue weighted by Crippen LogP contribution is -2.05. The zero-order valence-electron chi connectivity index (χ0n) is 10.2. The maximum atomic E-state index is 5.02. The number of anilines is 1. The van der Waals surface area contributed by atoms with Gasteiger partial charge in [0.15, 0.2) is 5.65 Å². The lowest BCUT2D eigenvalue weighted by molar-refractivity contribution is 0.391. The minimum Gasteiger partial charge on any atom is -0.364 e. The molecule has 6 heteroatoms. The molecule has 0 aliphatic rings. The number of nitrogens with one attached hydrogen (secondary N) is 1. The molecule has 0 aliphatic heterocycles. The summed E-state index contributed by atoms with van der Waals surface area (Å²) in [5.74, 6) is 1.70. The summed E-state index contributed by atoms with van der Waals surface area (Å²) in [5.41, 5.74) is 2.82. The number of pyridine rings is 1. The molecule has 0 fully saturated rings. The molecule has 0 amide bonds. The van der Waals surface area contributed by atoms with E-state index >= 15 is 0 Å². The average molecular weight is 243 g/mol. The molecule has 0 unspecified atom stereocenters. The van der Waals surface area contributed by atoms with E-state index in [2.05, 4.69) is 20.6 Å². The summed E-state index contributed by atoms with van der Waals surface area (Å²) in [6.45, 7) is 4.49. The molecule has 3 rings (SSSR count). The summed E-state index contributed by atoms with van der Waals surface area (Å²) in [7, 11) is 0. The third kappa shape index (κ3) is 1.92. The summed E-state index contributed by atoms with van der Waals surface area (Å²) in [6.07, 6.45) is 1.54. The Kier molecular flexibility index (Phi) is 2.47. The molecule has 3 heterocycles. The van der Waals surface area contributed by atoms with Crippen LogP contribution in [0.2, 0.25) is 0 Å². The van der Waals surface area contributed by atoms with E-state index < -0.39 is 0 Å². The van der Waals surface area contributed by atoms with Gasteiger partial charge in [-0.2, -0.15) is 9.61 Å². The minimum absolute atomic E-state index is 0.593. The first kappa shape index (κ1) is 10.8. The van der Waals surface area contributed by atoms with Crippen molar-refractivity contribution in [1.82, 2.24) is 19.8 Å². The van der Waals surface area contributed by atoms with E-state index in [0.717, 1.165) is 28.5 Å². The van der Waals surface area contributed by atoms with Crippen LogP contribution < -0.4 is 5.32 Å². The van der Waals surface area contributed by atoms with Gasteiger partial charge in [0, 0.05) is 6.07 Å². The zero-order valence-corrected chi connectivity index (χ0v) is 10.2. The van der Waals surface area contributed by atoms with Gasteiger partial charge in [0.25, 0.3) is 0 Å². The van der Waals surface area contributed by atoms with Crippen LogP contribution in [0.1, 0.15) is 17.0 Å². The van der Waals surface area contributed by atoms with Gasteiger partial charge in [-0.25, -0.2) is 4.98 Å². The Morgan fingerprint density at radius 1 is 1.28 bits per heavy atom. The van der Waals surface area contributed by atoms with Crippen LogP contribution in [-0.4, -0.2) is 19.8 Å². The quantitative estimate of drug-likeness (QED) is 0.761. The number of aryl methyl sites for hydroxylation is 2. The van der Waals surface area contributed by atoms with Gasteiger partial charge in [-0.05, 0) is 31.5 Å². The highest BCUT2D eigenvalue weighted by atomic mass is 16.5. The van der Waals surface area contributed by atoms with E-state index in [1.54, 1.807) is 10.8 Å². The fourth-order valence-electron chi connectivity index (χ4n) is 1.86. The number of rotatable bonds is 3. The molecule has 0 bridgehead atoms. The predicted octanol–water partition coefficient (Wildman–Crippen LogP) is 1.95. The zero-order chi connectivity index (χ0) is 12.5. The molecular weight excluding hydrogens is 230 g/mol. The number of fused-ring (bicyclic) bond motifs is 1. The topological polar surface area (TPSA) is 68.2 Å². The molecule has 0 saturated carbocycles. The fourth-order valence-corrected chi connectivity index (χ4v) is 1.86. The van der Waals surface area contributed by atoms with Crippen molar-refractivity contribution in [1.29, 1.82) is 0 Å². The number of nitrogens with zero attached hydrogens (tertiary/aromatic N) is 4. The second-order valence-electron chi connectivity index (χ2n) is 4.23. The first-order valence-corrected chi connectivity index (χ1v) is 5.69. The molecule has 18 heavy (non-hydrogen) atoms. The molecule has 0 aromatic carbocycles. The van der Waals surface area contributed by atoms with Crippen LogP contribution in [0.15, 0.2) is 29.0 Å². The van der Waals surface area contributed by atoms with E-state index in [-0.39, 0.29) is 0 Å². The predicted molar refractivity (Wildman–Crippen MR) is 66.3 cm³/mol. The second kappa shape index (κ2) is 4.14. The maximum Gasteiger partial charge on any atom is 0.157 e. The number of aromatic nitrogens is 4. The van der Waals surface area contributed by atoms with Crippen molar-refractivity contribution >= 4 is 11.5 Å². The Bertz CT molecular complexity index is 685.